The maximum absolute atomic E-state index is 12.5. The number of rotatable bonds is 5. The van der Waals surface area contributed by atoms with Crippen LogP contribution < -0.4 is 5.32 Å². The van der Waals surface area contributed by atoms with Crippen molar-refractivity contribution in [2.45, 2.75) is 67.2 Å². The number of allylic oxidation sites excluding steroid dienone is 4. The molecule has 1 aliphatic rings. The van der Waals surface area contributed by atoms with E-state index in [9.17, 15) is 4.79 Å². The van der Waals surface area contributed by atoms with Crippen molar-refractivity contribution in [3.8, 4) is 0 Å². The summed E-state index contributed by atoms with van der Waals surface area (Å²) in [5.41, 5.74) is 6.45. The van der Waals surface area contributed by atoms with Gasteiger partial charge < -0.3 is 10.4 Å². The van der Waals surface area contributed by atoms with Gasteiger partial charge in [0.15, 0.2) is 0 Å². The minimum absolute atomic E-state index is 0.112. The number of carboxylic acid groups (broad SMARTS) is 1. The summed E-state index contributed by atoms with van der Waals surface area (Å²) < 4.78 is 17.6. The third-order valence-corrected chi connectivity index (χ3v) is 5.89. The van der Waals surface area contributed by atoms with E-state index in [4.69, 9.17) is 29.9 Å². The Hall–Kier alpha value is -2.81. The Morgan fingerprint density at radius 1 is 1.08 bits per heavy atom. The van der Waals surface area contributed by atoms with Crippen LogP contribution in [0.2, 0.25) is 5.02 Å². The smallest absolute Gasteiger partial charge is 0.335 e. The lowest BCUT2D eigenvalue weighted by atomic mass is 10.1. The molecule has 0 bridgehead atoms. The van der Waals surface area contributed by atoms with Crippen molar-refractivity contribution in [1.82, 2.24) is 0 Å². The highest BCUT2D eigenvalue weighted by Crippen LogP contribution is 2.24. The molecule has 0 radical (unpaired) electrons. The second kappa shape index (κ2) is 24.2. The lowest BCUT2D eigenvalue weighted by Crippen LogP contribution is -2.14. The van der Waals surface area contributed by atoms with Gasteiger partial charge in [-0.05, 0) is 84.6 Å². The average molecular weight is 641 g/mol. The quantitative estimate of drug-likeness (QED) is 0.319. The van der Waals surface area contributed by atoms with Crippen LogP contribution in [0.4, 0.5) is 5.69 Å². The summed E-state index contributed by atoms with van der Waals surface area (Å²) in [5.74, 6) is -0.112. The van der Waals surface area contributed by atoms with Gasteiger partial charge in [-0.1, -0.05) is 97.6 Å². The van der Waals surface area contributed by atoms with Crippen molar-refractivity contribution in [3.05, 3.63) is 98.0 Å². The van der Waals surface area contributed by atoms with Crippen LogP contribution in [0, 0.1) is 13.8 Å². The molecule has 0 aliphatic heterocycles. The molecule has 9 heteroatoms. The Kier molecular flexibility index (Phi) is 23.8. The molecule has 0 saturated heterocycles. The monoisotopic (exact) mass is 639 g/mol. The molecule has 0 fully saturated rings. The average Bonchev–Trinajstić information content (AvgIpc) is 3.11. The van der Waals surface area contributed by atoms with Crippen LogP contribution in [-0.2, 0) is 27.6 Å². The van der Waals surface area contributed by atoms with Crippen molar-refractivity contribution in [2.75, 3.05) is 5.32 Å². The number of hydrogen-bond acceptors (Lipinski definition) is 4. The number of carbonyl (C=O) groups excluding carboxylic acids is 1. The van der Waals surface area contributed by atoms with Gasteiger partial charge in [-0.15, -0.1) is 0 Å². The van der Waals surface area contributed by atoms with Crippen molar-refractivity contribution >= 4 is 57.2 Å². The molecule has 6 nitrogen and oxygen atoms in total. The fourth-order valence-corrected chi connectivity index (χ4v) is 3.89. The van der Waals surface area contributed by atoms with Crippen molar-refractivity contribution in [3.63, 3.8) is 0 Å². The zero-order chi connectivity index (χ0) is 30.2. The van der Waals surface area contributed by atoms with Gasteiger partial charge in [0.25, 0.3) is 12.4 Å². The van der Waals surface area contributed by atoms with E-state index in [0.717, 1.165) is 28.6 Å². The van der Waals surface area contributed by atoms with E-state index in [1.165, 1.54) is 29.5 Å². The summed E-state index contributed by atoms with van der Waals surface area (Å²) in [4.78, 5) is 20.8. The molecule has 3 rings (SSSR count). The molecular formula is C30H39BrClNO5S. The number of benzene rings is 2. The fourth-order valence-electron chi connectivity index (χ4n) is 3.26. The Morgan fingerprint density at radius 2 is 1.67 bits per heavy atom. The molecule has 0 unspecified atom stereocenters. The van der Waals surface area contributed by atoms with E-state index in [1.54, 1.807) is 6.07 Å². The Morgan fingerprint density at radius 3 is 2.18 bits per heavy atom. The Labute approximate surface area is 250 Å². The summed E-state index contributed by atoms with van der Waals surface area (Å²) in [6.45, 7) is 12.1. The zero-order valence-electron chi connectivity index (χ0n) is 23.4. The first-order chi connectivity index (χ1) is 18.7. The van der Waals surface area contributed by atoms with E-state index < -0.39 is 11.6 Å². The minimum Gasteiger partial charge on any atom is -0.483 e. The topological polar surface area (TPSA) is 101 Å². The summed E-state index contributed by atoms with van der Waals surface area (Å²) in [6.07, 6.45) is 10.1. The standard InChI is InChI=1S/C17H17BrClNO.C10H14.C2H6.CH2O2.O2S/c1-3-12-4-5-14(18)10-13(9-12)17(21)20-16-7-6-15(19)8-11(16)2;1-3-6-10-8-5-4-7-9(10)2;1-2;2-1-3;1-3-2/h4,6-10H,3,5H2,1-2H3,(H,20,21);4-5,7-8H,3,6H2,1-2H3;1-2H3;1H,(H,2,3);. The number of amides is 1. The molecular weight excluding hydrogens is 602 g/mol. The van der Waals surface area contributed by atoms with Gasteiger partial charge >= 0.3 is 11.6 Å². The molecule has 214 valence electrons. The molecule has 39 heavy (non-hydrogen) atoms. The maximum Gasteiger partial charge on any atom is 0.335 e. The van der Waals surface area contributed by atoms with Crippen molar-refractivity contribution in [1.29, 1.82) is 0 Å². The predicted octanol–water partition coefficient (Wildman–Crippen LogP) is 8.54. The van der Waals surface area contributed by atoms with Crippen LogP contribution in [-0.4, -0.2) is 25.9 Å². The molecule has 1 amide bonds. The van der Waals surface area contributed by atoms with Gasteiger partial charge in [0.2, 0.25) is 0 Å². The molecule has 2 N–H and O–H groups in total. The number of nitrogens with one attached hydrogen (secondary N) is 1. The normalized spacial score (nSPS) is 11.2. The second-order valence-corrected chi connectivity index (χ2v) is 9.38. The van der Waals surface area contributed by atoms with Gasteiger partial charge in [-0.3, -0.25) is 9.59 Å². The van der Waals surface area contributed by atoms with Crippen LogP contribution in [0.1, 0.15) is 63.6 Å². The van der Waals surface area contributed by atoms with Crippen LogP contribution in [0.15, 0.2) is 76.3 Å². The Balaban J connectivity index is 0. The lowest BCUT2D eigenvalue weighted by molar-refractivity contribution is -0.122. The van der Waals surface area contributed by atoms with Gasteiger partial charge in [0.1, 0.15) is 0 Å². The zero-order valence-corrected chi connectivity index (χ0v) is 26.6. The van der Waals surface area contributed by atoms with Crippen LogP contribution in [0.25, 0.3) is 0 Å². The largest absolute Gasteiger partial charge is 0.483 e. The third-order valence-electron chi connectivity index (χ3n) is 5.10. The highest BCUT2D eigenvalue weighted by molar-refractivity contribution is 9.11. The summed E-state index contributed by atoms with van der Waals surface area (Å²) in [5, 5.41) is 10.5. The number of aryl methyl sites for hydroxylation is 3. The molecule has 0 aromatic heterocycles. The summed E-state index contributed by atoms with van der Waals surface area (Å²) >= 11 is 8.67. The molecule has 2 aromatic rings. The van der Waals surface area contributed by atoms with Gasteiger partial charge in [-0.25, -0.2) is 0 Å². The first-order valence-electron chi connectivity index (χ1n) is 12.6. The number of anilines is 1. The number of halogens is 2. The van der Waals surface area contributed by atoms with Crippen LogP contribution >= 0.6 is 27.5 Å². The highest BCUT2D eigenvalue weighted by atomic mass is 79.9. The van der Waals surface area contributed by atoms with Crippen molar-refractivity contribution < 1.29 is 23.1 Å². The van der Waals surface area contributed by atoms with Gasteiger partial charge in [0, 0.05) is 16.3 Å². The van der Waals surface area contributed by atoms with E-state index >= 15 is 0 Å². The van der Waals surface area contributed by atoms with Crippen molar-refractivity contribution in [2.24, 2.45) is 0 Å². The van der Waals surface area contributed by atoms with E-state index in [0.29, 0.717) is 10.6 Å². The van der Waals surface area contributed by atoms with Crippen LogP contribution in [0.3, 0.4) is 0 Å². The summed E-state index contributed by atoms with van der Waals surface area (Å²) in [7, 11) is 0. The summed E-state index contributed by atoms with van der Waals surface area (Å²) in [6, 6.07) is 14.0. The molecule has 0 saturated carbocycles. The third kappa shape index (κ3) is 17.4. The predicted molar refractivity (Wildman–Crippen MR) is 167 cm³/mol. The SMILES string of the molecule is CC.CCC1=CCC(Br)=CC(C(=O)Nc2ccc(Cl)cc2C)=C1.CCCc1ccccc1C.O=CO.O=S=O. The number of carbonyl (C=O) groups is 2. The molecule has 0 atom stereocenters. The fraction of sp³-hybridized carbons (Fsp3) is 0.333. The maximum atomic E-state index is 12.5. The first-order valence-corrected chi connectivity index (χ1v) is 14.4. The van der Waals surface area contributed by atoms with Gasteiger partial charge in [0.05, 0.1) is 0 Å². The second-order valence-electron chi connectivity index (χ2n) is 7.79. The lowest BCUT2D eigenvalue weighted by Gasteiger charge is -2.09. The highest BCUT2D eigenvalue weighted by Gasteiger charge is 2.12. The van der Waals surface area contributed by atoms with Gasteiger partial charge in [-0.2, -0.15) is 8.42 Å². The molecule has 1 aliphatic carbocycles. The Bertz CT molecular complexity index is 1160. The first kappa shape index (κ1) is 38.3. The molecule has 0 spiro atoms. The number of hydrogen-bond donors (Lipinski definition) is 2. The van der Waals surface area contributed by atoms with E-state index in [1.807, 2.05) is 45.1 Å². The van der Waals surface area contributed by atoms with E-state index in [2.05, 4.69) is 72.4 Å². The van der Waals surface area contributed by atoms with E-state index in [-0.39, 0.29) is 12.4 Å². The van der Waals surface area contributed by atoms with Crippen LogP contribution in [0.5, 0.6) is 0 Å². The molecule has 0 heterocycles. The minimum atomic E-state index is -0.750. The molecule has 2 aromatic carbocycles.